The van der Waals surface area contributed by atoms with Crippen LogP contribution in [0.3, 0.4) is 0 Å². The summed E-state index contributed by atoms with van der Waals surface area (Å²) < 4.78 is 1.30. The number of aromatic nitrogens is 2. The zero-order valence-corrected chi connectivity index (χ0v) is 17.1. The number of hydrogen-bond donors (Lipinski definition) is 1. The Balaban J connectivity index is 1.62. The monoisotopic (exact) mass is 390 g/mol. The summed E-state index contributed by atoms with van der Waals surface area (Å²) in [5.74, 6) is 0.505. The second-order valence-corrected chi connectivity index (χ2v) is 8.87. The van der Waals surface area contributed by atoms with Gasteiger partial charge in [0.1, 0.15) is 11.4 Å². The lowest BCUT2D eigenvalue weighted by molar-refractivity contribution is -0.135. The van der Waals surface area contributed by atoms with Gasteiger partial charge in [-0.2, -0.15) is 0 Å². The van der Waals surface area contributed by atoms with Crippen LogP contribution in [-0.4, -0.2) is 45.9 Å². The number of aryl methyl sites for hydroxylation is 2. The molecule has 0 aromatic carbocycles. The molecule has 0 aliphatic carbocycles. The molecule has 0 spiro atoms. The standard InChI is InChI=1S/C19H26N4O3S/c1-11-5-12(2)8-22(7-11)16(25)6-20-15(24)9-23-10-21-18-17(19(23)26)13(3)14(4)27-18/h10-12H,5-9H2,1-4H3,(H,20,24). The van der Waals surface area contributed by atoms with Crippen LogP contribution < -0.4 is 10.9 Å². The van der Waals surface area contributed by atoms with Crippen LogP contribution in [0.25, 0.3) is 10.2 Å². The summed E-state index contributed by atoms with van der Waals surface area (Å²) in [5.41, 5.74) is 0.688. The molecule has 8 heteroatoms. The first-order chi connectivity index (χ1) is 12.8. The van der Waals surface area contributed by atoms with Gasteiger partial charge in [-0.15, -0.1) is 11.3 Å². The Morgan fingerprint density at radius 3 is 2.59 bits per heavy atom. The second kappa shape index (κ2) is 7.80. The van der Waals surface area contributed by atoms with Crippen molar-refractivity contribution in [3.05, 3.63) is 27.1 Å². The smallest absolute Gasteiger partial charge is 0.262 e. The molecule has 27 heavy (non-hydrogen) atoms. The van der Waals surface area contributed by atoms with E-state index < -0.39 is 0 Å². The number of fused-ring (bicyclic) bond motifs is 1. The summed E-state index contributed by atoms with van der Waals surface area (Å²) in [6.07, 6.45) is 2.52. The Kier molecular flexibility index (Phi) is 5.64. The number of nitrogens with zero attached hydrogens (tertiary/aromatic N) is 3. The molecule has 2 aromatic rings. The van der Waals surface area contributed by atoms with Gasteiger partial charge in [-0.3, -0.25) is 19.0 Å². The highest BCUT2D eigenvalue weighted by molar-refractivity contribution is 7.18. The van der Waals surface area contributed by atoms with Gasteiger partial charge in [-0.25, -0.2) is 4.98 Å². The second-order valence-electron chi connectivity index (χ2n) is 7.66. The van der Waals surface area contributed by atoms with Crippen molar-refractivity contribution in [1.29, 1.82) is 0 Å². The molecule has 0 saturated carbocycles. The number of rotatable bonds is 4. The first kappa shape index (κ1) is 19.5. The van der Waals surface area contributed by atoms with E-state index in [1.807, 2.05) is 18.7 Å². The van der Waals surface area contributed by atoms with E-state index >= 15 is 0 Å². The Morgan fingerprint density at radius 1 is 1.26 bits per heavy atom. The van der Waals surface area contributed by atoms with Crippen LogP contribution in [0.1, 0.15) is 30.7 Å². The third kappa shape index (κ3) is 4.21. The number of likely N-dealkylation sites (tertiary alicyclic amines) is 1. The van der Waals surface area contributed by atoms with Gasteiger partial charge in [0.15, 0.2) is 0 Å². The fraction of sp³-hybridized carbons (Fsp3) is 0.579. The van der Waals surface area contributed by atoms with Crippen LogP contribution in [0.2, 0.25) is 0 Å². The van der Waals surface area contributed by atoms with E-state index in [9.17, 15) is 14.4 Å². The van der Waals surface area contributed by atoms with Crippen LogP contribution in [-0.2, 0) is 16.1 Å². The topological polar surface area (TPSA) is 84.3 Å². The maximum Gasteiger partial charge on any atom is 0.262 e. The zero-order valence-electron chi connectivity index (χ0n) is 16.2. The summed E-state index contributed by atoms with van der Waals surface area (Å²) in [6.45, 7) is 9.39. The molecular weight excluding hydrogens is 364 g/mol. The highest BCUT2D eigenvalue weighted by atomic mass is 32.1. The Bertz CT molecular complexity index is 923. The normalized spacial score (nSPS) is 20.1. The van der Waals surface area contributed by atoms with Crippen LogP contribution in [0.5, 0.6) is 0 Å². The van der Waals surface area contributed by atoms with Crippen LogP contribution in [0.15, 0.2) is 11.1 Å². The summed E-state index contributed by atoms with van der Waals surface area (Å²) in [7, 11) is 0. The Labute approximate surface area is 162 Å². The molecule has 0 radical (unpaired) electrons. The van der Waals surface area contributed by atoms with Gasteiger partial charge in [0.05, 0.1) is 18.3 Å². The first-order valence-electron chi connectivity index (χ1n) is 9.25. The van der Waals surface area contributed by atoms with E-state index in [4.69, 9.17) is 0 Å². The quantitative estimate of drug-likeness (QED) is 0.861. The number of carbonyl (C=O) groups is 2. The lowest BCUT2D eigenvalue weighted by Gasteiger charge is -2.35. The maximum atomic E-state index is 12.6. The molecule has 0 bridgehead atoms. The van der Waals surface area contributed by atoms with Gasteiger partial charge >= 0.3 is 0 Å². The van der Waals surface area contributed by atoms with Crippen LogP contribution >= 0.6 is 11.3 Å². The molecule has 1 fully saturated rings. The number of piperidine rings is 1. The fourth-order valence-electron chi connectivity index (χ4n) is 3.75. The van der Waals surface area contributed by atoms with Gasteiger partial charge in [-0.1, -0.05) is 13.8 Å². The highest BCUT2D eigenvalue weighted by Crippen LogP contribution is 2.25. The van der Waals surface area contributed by atoms with E-state index in [1.54, 1.807) is 0 Å². The average Bonchev–Trinajstić information content (AvgIpc) is 2.89. The molecule has 2 aromatic heterocycles. The van der Waals surface area contributed by atoms with E-state index in [-0.39, 0.29) is 30.5 Å². The molecule has 7 nitrogen and oxygen atoms in total. The van der Waals surface area contributed by atoms with Crippen LogP contribution in [0, 0.1) is 25.7 Å². The van der Waals surface area contributed by atoms with E-state index in [2.05, 4.69) is 24.1 Å². The maximum absolute atomic E-state index is 12.6. The molecule has 2 unspecified atom stereocenters. The lowest BCUT2D eigenvalue weighted by Crippen LogP contribution is -2.47. The predicted molar refractivity (Wildman–Crippen MR) is 106 cm³/mol. The Morgan fingerprint density at radius 2 is 1.93 bits per heavy atom. The number of carbonyl (C=O) groups excluding carboxylic acids is 2. The van der Waals surface area contributed by atoms with Gasteiger partial charge in [-0.05, 0) is 37.7 Å². The first-order valence-corrected chi connectivity index (χ1v) is 10.1. The zero-order chi connectivity index (χ0) is 19.7. The third-order valence-electron chi connectivity index (χ3n) is 5.13. The Hall–Kier alpha value is -2.22. The summed E-state index contributed by atoms with van der Waals surface area (Å²) >= 11 is 1.48. The van der Waals surface area contributed by atoms with Crippen molar-refractivity contribution >= 4 is 33.4 Å². The number of hydrogen-bond acceptors (Lipinski definition) is 5. The fourth-order valence-corrected chi connectivity index (χ4v) is 4.73. The molecule has 2 amide bonds. The summed E-state index contributed by atoms with van der Waals surface area (Å²) in [4.78, 5) is 45.1. The van der Waals surface area contributed by atoms with E-state index in [1.165, 1.54) is 22.2 Å². The van der Waals surface area contributed by atoms with Gasteiger partial charge in [0.2, 0.25) is 11.8 Å². The van der Waals surface area contributed by atoms with Crippen molar-refractivity contribution in [2.75, 3.05) is 19.6 Å². The summed E-state index contributed by atoms with van der Waals surface area (Å²) in [5, 5.41) is 3.21. The van der Waals surface area contributed by atoms with Gasteiger partial charge in [0, 0.05) is 18.0 Å². The van der Waals surface area contributed by atoms with E-state index in [0.29, 0.717) is 22.1 Å². The third-order valence-corrected chi connectivity index (χ3v) is 6.24. The molecule has 3 rings (SSSR count). The largest absolute Gasteiger partial charge is 0.345 e. The molecule has 1 saturated heterocycles. The van der Waals surface area contributed by atoms with Crippen LogP contribution in [0.4, 0.5) is 0 Å². The number of thiophene rings is 1. The SMILES string of the molecule is Cc1sc2ncn(CC(=O)NCC(=O)N3CC(C)CC(C)C3)c(=O)c2c1C. The van der Waals surface area contributed by atoms with E-state index in [0.717, 1.165) is 30.0 Å². The van der Waals surface area contributed by atoms with Crippen molar-refractivity contribution in [3.8, 4) is 0 Å². The molecule has 1 aliphatic rings. The lowest BCUT2D eigenvalue weighted by atomic mass is 9.92. The van der Waals surface area contributed by atoms with Gasteiger partial charge < -0.3 is 10.2 Å². The minimum atomic E-state index is -0.366. The van der Waals surface area contributed by atoms with Crippen molar-refractivity contribution < 1.29 is 9.59 Å². The minimum absolute atomic E-state index is 0.0424. The van der Waals surface area contributed by atoms with Crippen molar-refractivity contribution in [3.63, 3.8) is 0 Å². The number of nitrogens with one attached hydrogen (secondary N) is 1. The minimum Gasteiger partial charge on any atom is -0.345 e. The van der Waals surface area contributed by atoms with Crippen molar-refractivity contribution in [2.45, 2.75) is 40.7 Å². The predicted octanol–water partition coefficient (Wildman–Crippen LogP) is 1.70. The van der Waals surface area contributed by atoms with Gasteiger partial charge in [0.25, 0.3) is 5.56 Å². The van der Waals surface area contributed by atoms with Crippen molar-refractivity contribution in [1.82, 2.24) is 19.8 Å². The molecule has 146 valence electrons. The highest BCUT2D eigenvalue weighted by Gasteiger charge is 2.25. The summed E-state index contributed by atoms with van der Waals surface area (Å²) in [6, 6.07) is 0. The molecule has 1 aliphatic heterocycles. The number of amides is 2. The average molecular weight is 391 g/mol. The molecule has 3 heterocycles. The molecule has 2 atom stereocenters. The molecular formula is C19H26N4O3S. The van der Waals surface area contributed by atoms with Crippen molar-refractivity contribution in [2.24, 2.45) is 11.8 Å². The molecule has 1 N–H and O–H groups in total.